The zero-order chi connectivity index (χ0) is 19.9. The van der Waals surface area contributed by atoms with Crippen molar-refractivity contribution in [1.82, 2.24) is 10.3 Å². The Bertz CT molecular complexity index is 986. The monoisotopic (exact) mass is 375 g/mol. The molecule has 0 aliphatic carbocycles. The first kappa shape index (κ1) is 19.3. The molecule has 0 saturated heterocycles. The van der Waals surface area contributed by atoms with Gasteiger partial charge in [-0.1, -0.05) is 42.5 Å². The van der Waals surface area contributed by atoms with E-state index < -0.39 is 0 Å². The van der Waals surface area contributed by atoms with Crippen LogP contribution in [0.1, 0.15) is 35.2 Å². The lowest BCUT2D eigenvalue weighted by molar-refractivity contribution is -0.117. The number of hydrogen-bond acceptors (Lipinski definition) is 3. The largest absolute Gasteiger partial charge is 0.398 e. The Hall–Kier alpha value is -3.47. The summed E-state index contributed by atoms with van der Waals surface area (Å²) in [6, 6.07) is 15.7. The van der Waals surface area contributed by atoms with Gasteiger partial charge in [-0.2, -0.15) is 0 Å². The Kier molecular flexibility index (Phi) is 6.17. The van der Waals surface area contributed by atoms with Crippen LogP contribution < -0.4 is 11.1 Å². The van der Waals surface area contributed by atoms with Crippen LogP contribution in [0.4, 0.5) is 10.1 Å². The molecule has 0 spiro atoms. The van der Waals surface area contributed by atoms with Gasteiger partial charge in [-0.3, -0.25) is 9.78 Å². The second kappa shape index (κ2) is 8.95. The van der Waals surface area contributed by atoms with Crippen molar-refractivity contribution in [3.63, 3.8) is 0 Å². The molecular weight excluding hydrogens is 353 g/mol. The number of rotatable bonds is 6. The SMILES string of the molecule is C[C@H](NC(=O)C=Cc1ccccc1F)c1cccc(Cc2cccnc2)c1N. The summed E-state index contributed by atoms with van der Waals surface area (Å²) in [4.78, 5) is 16.4. The van der Waals surface area contributed by atoms with E-state index in [0.29, 0.717) is 17.7 Å². The van der Waals surface area contributed by atoms with Gasteiger partial charge in [-0.05, 0) is 41.8 Å². The van der Waals surface area contributed by atoms with Crippen LogP contribution in [-0.4, -0.2) is 10.9 Å². The first-order valence-corrected chi connectivity index (χ1v) is 9.04. The zero-order valence-electron chi connectivity index (χ0n) is 15.6. The van der Waals surface area contributed by atoms with Crippen LogP contribution in [0.25, 0.3) is 6.08 Å². The second-order valence-corrected chi connectivity index (χ2v) is 6.54. The van der Waals surface area contributed by atoms with Crippen LogP contribution in [0.3, 0.4) is 0 Å². The summed E-state index contributed by atoms with van der Waals surface area (Å²) >= 11 is 0. The van der Waals surface area contributed by atoms with Crippen molar-refractivity contribution in [1.29, 1.82) is 0 Å². The summed E-state index contributed by atoms with van der Waals surface area (Å²) in [6.07, 6.45) is 6.99. The van der Waals surface area contributed by atoms with Crippen molar-refractivity contribution in [2.45, 2.75) is 19.4 Å². The maximum atomic E-state index is 13.6. The maximum Gasteiger partial charge on any atom is 0.244 e. The van der Waals surface area contributed by atoms with E-state index in [1.807, 2.05) is 43.5 Å². The highest BCUT2D eigenvalue weighted by Crippen LogP contribution is 2.25. The van der Waals surface area contributed by atoms with Gasteiger partial charge in [0.2, 0.25) is 5.91 Å². The molecule has 0 aliphatic rings. The van der Waals surface area contributed by atoms with E-state index in [-0.39, 0.29) is 17.8 Å². The number of nitrogens with two attached hydrogens (primary N) is 1. The number of benzene rings is 2. The topological polar surface area (TPSA) is 68.0 Å². The average molecular weight is 375 g/mol. The number of nitrogen functional groups attached to an aromatic ring is 1. The number of nitrogens with zero attached hydrogens (tertiary/aromatic N) is 1. The van der Waals surface area contributed by atoms with Crippen molar-refractivity contribution >= 4 is 17.7 Å². The number of carbonyl (C=O) groups is 1. The molecule has 1 atom stereocenters. The fraction of sp³-hybridized carbons (Fsp3) is 0.130. The molecule has 0 fully saturated rings. The third-order valence-electron chi connectivity index (χ3n) is 4.49. The molecule has 28 heavy (non-hydrogen) atoms. The number of halogens is 1. The number of hydrogen-bond donors (Lipinski definition) is 2. The molecule has 3 N–H and O–H groups in total. The van der Waals surface area contributed by atoms with Crippen molar-refractivity contribution in [2.75, 3.05) is 5.73 Å². The van der Waals surface area contributed by atoms with E-state index in [9.17, 15) is 9.18 Å². The van der Waals surface area contributed by atoms with Crippen molar-refractivity contribution in [2.24, 2.45) is 0 Å². The smallest absolute Gasteiger partial charge is 0.244 e. The minimum absolute atomic E-state index is 0.286. The van der Waals surface area contributed by atoms with Gasteiger partial charge < -0.3 is 11.1 Å². The molecule has 0 radical (unpaired) electrons. The van der Waals surface area contributed by atoms with Crippen molar-refractivity contribution in [3.8, 4) is 0 Å². The minimum Gasteiger partial charge on any atom is -0.398 e. The van der Waals surface area contributed by atoms with Gasteiger partial charge in [0.15, 0.2) is 0 Å². The van der Waals surface area contributed by atoms with Crippen molar-refractivity contribution in [3.05, 3.63) is 101 Å². The summed E-state index contributed by atoms with van der Waals surface area (Å²) in [5, 5.41) is 2.88. The van der Waals surface area contributed by atoms with Crippen LogP contribution in [-0.2, 0) is 11.2 Å². The number of nitrogens with one attached hydrogen (secondary N) is 1. The molecular formula is C23H22FN3O. The first-order valence-electron chi connectivity index (χ1n) is 9.04. The maximum absolute atomic E-state index is 13.6. The Morgan fingerprint density at radius 3 is 2.75 bits per heavy atom. The molecule has 0 bridgehead atoms. The lowest BCUT2D eigenvalue weighted by Gasteiger charge is -2.18. The molecule has 3 aromatic rings. The fourth-order valence-corrected chi connectivity index (χ4v) is 3.00. The van der Waals surface area contributed by atoms with Gasteiger partial charge in [0.05, 0.1) is 6.04 Å². The second-order valence-electron chi connectivity index (χ2n) is 6.54. The number of aromatic nitrogens is 1. The van der Waals surface area contributed by atoms with Crippen LogP contribution in [0, 0.1) is 5.82 Å². The average Bonchev–Trinajstić information content (AvgIpc) is 2.69. The third kappa shape index (κ3) is 4.82. The molecule has 2 aromatic carbocycles. The lowest BCUT2D eigenvalue weighted by atomic mass is 9.98. The van der Waals surface area contributed by atoms with E-state index in [0.717, 1.165) is 16.7 Å². The summed E-state index contributed by atoms with van der Waals surface area (Å²) in [6.45, 7) is 1.87. The highest BCUT2D eigenvalue weighted by Gasteiger charge is 2.13. The number of pyridine rings is 1. The molecule has 0 aliphatic heterocycles. The zero-order valence-corrected chi connectivity index (χ0v) is 15.6. The highest BCUT2D eigenvalue weighted by atomic mass is 19.1. The fourth-order valence-electron chi connectivity index (χ4n) is 3.00. The first-order chi connectivity index (χ1) is 13.5. The van der Waals surface area contributed by atoms with Gasteiger partial charge in [0.25, 0.3) is 0 Å². The number of amides is 1. The van der Waals surface area contributed by atoms with E-state index in [1.54, 1.807) is 24.4 Å². The van der Waals surface area contributed by atoms with Gasteiger partial charge in [-0.25, -0.2) is 4.39 Å². The van der Waals surface area contributed by atoms with E-state index in [4.69, 9.17) is 5.73 Å². The van der Waals surface area contributed by atoms with Gasteiger partial charge >= 0.3 is 0 Å². The minimum atomic E-state index is -0.369. The Morgan fingerprint density at radius 2 is 2.00 bits per heavy atom. The van der Waals surface area contributed by atoms with Crippen LogP contribution in [0.15, 0.2) is 73.1 Å². The summed E-state index contributed by atoms with van der Waals surface area (Å²) in [7, 11) is 0. The normalized spacial score (nSPS) is 12.1. The molecule has 5 heteroatoms. The van der Waals surface area contributed by atoms with Crippen LogP contribution >= 0.6 is 0 Å². The quantitative estimate of drug-likeness (QED) is 0.499. The molecule has 1 amide bonds. The van der Waals surface area contributed by atoms with Gasteiger partial charge in [0, 0.05) is 36.1 Å². The Morgan fingerprint density at radius 1 is 1.18 bits per heavy atom. The molecule has 1 heterocycles. The van der Waals surface area contributed by atoms with Crippen LogP contribution in [0.2, 0.25) is 0 Å². The summed E-state index contributed by atoms with van der Waals surface area (Å²) in [5.74, 6) is -0.681. The molecule has 0 unspecified atom stereocenters. The Balaban J connectivity index is 1.70. The lowest BCUT2D eigenvalue weighted by Crippen LogP contribution is -2.25. The predicted octanol–water partition coefficient (Wildman–Crippen LogP) is 4.28. The number of para-hydroxylation sites is 1. The number of anilines is 1. The van der Waals surface area contributed by atoms with E-state index in [1.165, 1.54) is 18.2 Å². The number of carbonyl (C=O) groups excluding carboxylic acids is 1. The molecule has 142 valence electrons. The van der Waals surface area contributed by atoms with Gasteiger partial charge in [-0.15, -0.1) is 0 Å². The summed E-state index contributed by atoms with van der Waals surface area (Å²) < 4.78 is 13.6. The Labute approximate surface area is 163 Å². The molecule has 1 aromatic heterocycles. The predicted molar refractivity (Wildman–Crippen MR) is 110 cm³/mol. The molecule has 4 nitrogen and oxygen atoms in total. The van der Waals surface area contributed by atoms with E-state index in [2.05, 4.69) is 10.3 Å². The van der Waals surface area contributed by atoms with Crippen LogP contribution in [0.5, 0.6) is 0 Å². The summed E-state index contributed by atoms with van der Waals surface area (Å²) in [5.41, 5.74) is 10.3. The molecule has 3 rings (SSSR count). The van der Waals surface area contributed by atoms with Gasteiger partial charge in [0.1, 0.15) is 5.82 Å². The third-order valence-corrected chi connectivity index (χ3v) is 4.49. The highest BCUT2D eigenvalue weighted by molar-refractivity contribution is 5.92. The standard InChI is InChI=1S/C23H22FN3O/c1-16(27-22(28)12-11-18-7-2-3-10-21(18)24)20-9-4-8-19(23(20)25)14-17-6-5-13-26-15-17/h2-13,15-16H,14,25H2,1H3,(H,27,28)/t16-/m0/s1. The van der Waals surface area contributed by atoms with E-state index >= 15 is 0 Å². The molecule has 0 saturated carbocycles. The van der Waals surface area contributed by atoms with Crippen molar-refractivity contribution < 1.29 is 9.18 Å².